The lowest BCUT2D eigenvalue weighted by Gasteiger charge is -2.71. The summed E-state index contributed by atoms with van der Waals surface area (Å²) in [6, 6.07) is 0.451. The highest BCUT2D eigenvalue weighted by atomic mass is 127. The van der Waals surface area contributed by atoms with Gasteiger partial charge in [-0.25, -0.2) is 0 Å². The van der Waals surface area contributed by atoms with Gasteiger partial charge < -0.3 is 38.1 Å². The van der Waals surface area contributed by atoms with Crippen LogP contribution in [0.2, 0.25) is 0 Å². The lowest BCUT2D eigenvalue weighted by molar-refractivity contribution is -0.910. The molecule has 2 bridgehead atoms. The number of nitrogens with zero attached hydrogens (tertiary/aromatic N) is 2. The van der Waals surface area contributed by atoms with Gasteiger partial charge in [-0.3, -0.25) is 9.59 Å². The molecule has 7 fully saturated rings. The van der Waals surface area contributed by atoms with Gasteiger partial charge in [0.25, 0.3) is 0 Å². The molecule has 260 valence electrons. The van der Waals surface area contributed by atoms with Crippen molar-refractivity contribution in [1.82, 2.24) is 4.90 Å². The topological polar surface area (TPSA) is 46.6 Å². The number of rotatable bonds is 2. The van der Waals surface area contributed by atoms with Gasteiger partial charge in [0, 0.05) is 31.2 Å². The maximum atomic E-state index is 15.2. The molecule has 0 aromatic rings. The highest BCUT2D eigenvalue weighted by molar-refractivity contribution is 5.84. The molecule has 0 spiro atoms. The number of esters is 1. The number of fused-ring (bicyclic) bond motifs is 11. The normalized spacial score (nSPS) is 48.7. The van der Waals surface area contributed by atoms with Crippen molar-refractivity contribution in [3.63, 3.8) is 0 Å². The summed E-state index contributed by atoms with van der Waals surface area (Å²) in [6.45, 7) is 23.8. The smallest absolute Gasteiger partial charge is 0.302 e. The van der Waals surface area contributed by atoms with Crippen LogP contribution in [-0.4, -0.2) is 66.6 Å². The largest absolute Gasteiger partial charge is 1.00 e. The minimum absolute atomic E-state index is 0. The fourth-order valence-corrected chi connectivity index (χ4v) is 13.8. The molecule has 46 heavy (non-hydrogen) atoms. The minimum atomic E-state index is -0.217. The molecule has 3 saturated heterocycles. The molecule has 8 aliphatic rings. The van der Waals surface area contributed by atoms with Crippen molar-refractivity contribution in [2.24, 2.45) is 50.2 Å². The first-order valence-electron chi connectivity index (χ1n) is 18.9. The average molecular weight is 749 g/mol. The Labute approximate surface area is 298 Å². The number of hydrogen-bond acceptors (Lipinski definition) is 3. The summed E-state index contributed by atoms with van der Waals surface area (Å²) in [5.41, 5.74) is 2.30. The second-order valence-corrected chi connectivity index (χ2v) is 19.8. The van der Waals surface area contributed by atoms with Gasteiger partial charge in [-0.15, -0.1) is 0 Å². The van der Waals surface area contributed by atoms with Crippen LogP contribution in [0.1, 0.15) is 132 Å². The maximum absolute atomic E-state index is 15.2. The van der Waals surface area contributed by atoms with Crippen molar-refractivity contribution in [2.45, 2.75) is 145 Å². The molecular formula is C40H65IN2O3. The Hall–Kier alpha value is -0.630. The Bertz CT molecular complexity index is 1280. The molecule has 0 aromatic heterocycles. The molecule has 1 amide bonds. The first-order valence-corrected chi connectivity index (χ1v) is 18.9. The van der Waals surface area contributed by atoms with E-state index in [2.05, 4.69) is 66.5 Å². The lowest BCUT2D eigenvalue weighted by atomic mass is 9.33. The zero-order valence-electron chi connectivity index (χ0n) is 30.8. The van der Waals surface area contributed by atoms with Crippen LogP contribution in [0, 0.1) is 50.2 Å². The van der Waals surface area contributed by atoms with Crippen molar-refractivity contribution in [3.05, 3.63) is 11.6 Å². The molecule has 0 unspecified atom stereocenters. The van der Waals surface area contributed by atoms with Crippen LogP contribution < -0.4 is 24.0 Å². The van der Waals surface area contributed by atoms with E-state index >= 15 is 4.79 Å². The van der Waals surface area contributed by atoms with Crippen molar-refractivity contribution < 1.29 is 42.8 Å². The molecular weight excluding hydrogens is 683 g/mol. The fourth-order valence-electron chi connectivity index (χ4n) is 13.8. The first kappa shape index (κ1) is 35.2. The van der Waals surface area contributed by atoms with Gasteiger partial charge in [-0.1, -0.05) is 60.1 Å². The van der Waals surface area contributed by atoms with Crippen LogP contribution in [0.3, 0.4) is 0 Å². The lowest BCUT2D eigenvalue weighted by Crippen LogP contribution is -3.00. The third kappa shape index (κ3) is 4.88. The number of ether oxygens (including phenoxy) is 1. The molecule has 5 nitrogen and oxygen atoms in total. The van der Waals surface area contributed by atoms with Crippen LogP contribution >= 0.6 is 0 Å². The summed E-state index contributed by atoms with van der Waals surface area (Å²) in [7, 11) is 2.42. The van der Waals surface area contributed by atoms with E-state index in [1.807, 2.05) is 0 Å². The molecule has 0 aromatic carbocycles. The number of allylic oxidation sites excluding steroid dienone is 2. The average Bonchev–Trinajstić information content (AvgIpc) is 3.22. The molecule has 8 rings (SSSR count). The highest BCUT2D eigenvalue weighted by Gasteiger charge is 2.69. The number of carbonyl (C=O) groups excluding carboxylic acids is 2. The summed E-state index contributed by atoms with van der Waals surface area (Å²) < 4.78 is 7.13. The molecule has 8 atom stereocenters. The number of quaternary nitrogens is 1. The predicted molar refractivity (Wildman–Crippen MR) is 180 cm³/mol. The predicted octanol–water partition coefficient (Wildman–Crippen LogP) is 5.18. The minimum Gasteiger partial charge on any atom is -1.00 e. The summed E-state index contributed by atoms with van der Waals surface area (Å²) in [5.74, 6) is 1.95. The summed E-state index contributed by atoms with van der Waals surface area (Å²) in [5, 5.41) is 0. The van der Waals surface area contributed by atoms with Crippen LogP contribution in [0.4, 0.5) is 0 Å². The van der Waals surface area contributed by atoms with Crippen molar-refractivity contribution >= 4 is 11.9 Å². The van der Waals surface area contributed by atoms with Crippen LogP contribution in [0.25, 0.3) is 0 Å². The number of carbonyl (C=O) groups is 2. The van der Waals surface area contributed by atoms with Gasteiger partial charge in [-0.05, 0) is 104 Å². The molecule has 4 saturated carbocycles. The number of halogens is 1. The Morgan fingerprint density at radius 3 is 2.20 bits per heavy atom. The van der Waals surface area contributed by atoms with E-state index in [0.29, 0.717) is 29.7 Å². The van der Waals surface area contributed by atoms with Gasteiger partial charge in [-0.2, -0.15) is 0 Å². The van der Waals surface area contributed by atoms with Gasteiger partial charge >= 0.3 is 5.97 Å². The van der Waals surface area contributed by atoms with E-state index in [1.165, 1.54) is 45.2 Å². The van der Waals surface area contributed by atoms with E-state index in [1.54, 1.807) is 12.5 Å². The van der Waals surface area contributed by atoms with Crippen molar-refractivity contribution in [3.8, 4) is 0 Å². The van der Waals surface area contributed by atoms with E-state index in [0.717, 1.165) is 62.5 Å². The van der Waals surface area contributed by atoms with Crippen molar-refractivity contribution in [2.75, 3.05) is 33.2 Å². The van der Waals surface area contributed by atoms with E-state index in [9.17, 15) is 4.79 Å². The number of piperidine rings is 1. The quantitative estimate of drug-likeness (QED) is 0.170. The van der Waals surface area contributed by atoms with Gasteiger partial charge in [0.05, 0.1) is 38.6 Å². The first-order chi connectivity index (χ1) is 20.9. The summed E-state index contributed by atoms with van der Waals surface area (Å²) >= 11 is 0. The highest BCUT2D eigenvalue weighted by Crippen LogP contribution is 2.76. The molecule has 5 aliphatic carbocycles. The Kier molecular flexibility index (Phi) is 8.56. The van der Waals surface area contributed by atoms with Crippen molar-refractivity contribution in [1.29, 1.82) is 0 Å². The third-order valence-corrected chi connectivity index (χ3v) is 16.9. The SMILES string of the molecule is CC(=O)O[C@H]1CC[C@]2(C)[C@H]3CC=C4[C@@H]5CC(C)(C)CC[C@]5(C(=O)N5CC[N+]6(C)CCC5CC6)CC[C@@]4(C)[C@]3(C)CC[C@H]2C1(C)C.[I-]. The van der Waals surface area contributed by atoms with Gasteiger partial charge in [0.15, 0.2) is 0 Å². The zero-order chi connectivity index (χ0) is 32.4. The number of hydrogen-bond donors (Lipinski definition) is 0. The second-order valence-electron chi connectivity index (χ2n) is 19.8. The number of likely N-dealkylation sites (N-methyl/N-ethyl adjacent to an activating group) is 1. The zero-order valence-corrected chi connectivity index (χ0v) is 32.9. The monoisotopic (exact) mass is 748 g/mol. The van der Waals surface area contributed by atoms with Crippen LogP contribution in [0.5, 0.6) is 0 Å². The molecule has 3 aliphatic heterocycles. The Morgan fingerprint density at radius 2 is 1.52 bits per heavy atom. The number of amides is 1. The summed E-state index contributed by atoms with van der Waals surface area (Å²) in [4.78, 5) is 29.7. The standard InChI is InChI=1S/C40H65N2O3.HI/c1-27(43)45-33-13-16-37(6)31(36(33,4)5)12-17-39(8)32(37)11-10-29-30-26-35(2,3)18-20-40(30,21-19-38(29,39)7)34(44)41-22-25-42(9)23-14-28(41)15-24-42;/h10,28,30-33H,11-26H2,1-9H3;1H/q+1;/p-1/t28?,30-,31-,32+,33-,37-,38+,39+,40-,42?;/m0./s1. The van der Waals surface area contributed by atoms with Crippen LogP contribution in [-0.2, 0) is 14.3 Å². The Morgan fingerprint density at radius 1 is 0.848 bits per heavy atom. The Balaban J connectivity index is 0.00000372. The molecule has 3 heterocycles. The third-order valence-electron chi connectivity index (χ3n) is 16.9. The van der Waals surface area contributed by atoms with E-state index < -0.39 is 0 Å². The van der Waals surface area contributed by atoms with E-state index in [-0.39, 0.29) is 68.5 Å². The maximum Gasteiger partial charge on any atom is 0.302 e. The molecule has 6 heteroatoms. The fraction of sp³-hybridized carbons (Fsp3) is 0.900. The van der Waals surface area contributed by atoms with Gasteiger partial charge in [0.2, 0.25) is 5.91 Å². The van der Waals surface area contributed by atoms with Gasteiger partial charge in [0.1, 0.15) is 6.10 Å². The summed E-state index contributed by atoms with van der Waals surface area (Å²) in [6.07, 6.45) is 16.4. The molecule has 0 N–H and O–H groups in total. The van der Waals surface area contributed by atoms with Crippen LogP contribution in [0.15, 0.2) is 11.6 Å². The molecule has 0 radical (unpaired) electrons. The second kappa shape index (κ2) is 11.2. The van der Waals surface area contributed by atoms with E-state index in [4.69, 9.17) is 4.74 Å².